The molecule has 0 aliphatic heterocycles. The third-order valence-corrected chi connectivity index (χ3v) is 5.58. The van der Waals surface area contributed by atoms with Crippen LogP contribution in [0.25, 0.3) is 21.6 Å². The largest absolute Gasteiger partial charge is 0.361 e. The smallest absolute Gasteiger partial charge is 0.227 e. The van der Waals surface area contributed by atoms with Crippen LogP contribution in [0.3, 0.4) is 0 Å². The van der Waals surface area contributed by atoms with Gasteiger partial charge in [-0.05, 0) is 42.8 Å². The molecule has 0 bridgehead atoms. The molecular formula is C21H22N4O2S. The number of nitrogens with one attached hydrogen (secondary N) is 2. The van der Waals surface area contributed by atoms with Crippen molar-refractivity contribution in [2.24, 2.45) is 0 Å². The Morgan fingerprint density at radius 1 is 1.32 bits per heavy atom. The second-order valence-corrected chi connectivity index (χ2v) is 7.92. The van der Waals surface area contributed by atoms with Crippen LogP contribution in [0.5, 0.6) is 0 Å². The highest BCUT2D eigenvalue weighted by Gasteiger charge is 2.14. The number of amides is 1. The maximum atomic E-state index is 12.3. The third-order valence-electron chi connectivity index (χ3n) is 4.72. The molecule has 144 valence electrons. The Morgan fingerprint density at radius 2 is 2.21 bits per heavy atom. The highest BCUT2D eigenvalue weighted by molar-refractivity contribution is 7.13. The van der Waals surface area contributed by atoms with E-state index in [1.807, 2.05) is 30.6 Å². The Morgan fingerprint density at radius 3 is 3.04 bits per heavy atom. The number of para-hydroxylation sites is 1. The van der Waals surface area contributed by atoms with Gasteiger partial charge in [0.25, 0.3) is 0 Å². The van der Waals surface area contributed by atoms with Crippen LogP contribution in [0.1, 0.15) is 30.4 Å². The molecule has 4 aromatic rings. The van der Waals surface area contributed by atoms with Crippen molar-refractivity contribution in [3.05, 3.63) is 58.9 Å². The number of aromatic amines is 1. The van der Waals surface area contributed by atoms with Gasteiger partial charge in [-0.1, -0.05) is 29.4 Å². The number of thiophene rings is 1. The summed E-state index contributed by atoms with van der Waals surface area (Å²) in [5, 5.41) is 10.2. The number of rotatable bonds is 7. The fraction of sp³-hybridized carbons (Fsp3) is 0.286. The molecule has 0 spiro atoms. The maximum Gasteiger partial charge on any atom is 0.227 e. The monoisotopic (exact) mass is 394 g/mol. The van der Waals surface area contributed by atoms with Crippen LogP contribution >= 0.6 is 11.3 Å². The van der Waals surface area contributed by atoms with E-state index in [2.05, 4.69) is 45.6 Å². The van der Waals surface area contributed by atoms with Crippen molar-refractivity contribution >= 4 is 28.1 Å². The van der Waals surface area contributed by atoms with E-state index < -0.39 is 0 Å². The van der Waals surface area contributed by atoms with Gasteiger partial charge in [-0.3, -0.25) is 4.79 Å². The lowest BCUT2D eigenvalue weighted by Gasteiger charge is -2.13. The van der Waals surface area contributed by atoms with Gasteiger partial charge < -0.3 is 14.8 Å². The lowest BCUT2D eigenvalue weighted by atomic mass is 10.0. The van der Waals surface area contributed by atoms with E-state index in [0.717, 1.165) is 16.8 Å². The predicted molar refractivity (Wildman–Crippen MR) is 110 cm³/mol. The van der Waals surface area contributed by atoms with Crippen molar-refractivity contribution in [1.82, 2.24) is 20.4 Å². The van der Waals surface area contributed by atoms with Crippen LogP contribution < -0.4 is 5.32 Å². The summed E-state index contributed by atoms with van der Waals surface area (Å²) in [5.74, 6) is 1.05. The number of nitrogens with zero attached hydrogens (tertiary/aromatic N) is 2. The Bertz CT molecular complexity index is 1080. The van der Waals surface area contributed by atoms with Gasteiger partial charge in [0.05, 0.1) is 4.88 Å². The number of fused-ring (bicyclic) bond motifs is 1. The molecule has 3 aromatic heterocycles. The Hall–Kier alpha value is -2.93. The van der Waals surface area contributed by atoms with Gasteiger partial charge in [-0.2, -0.15) is 4.98 Å². The average Bonchev–Trinajstić information content (AvgIpc) is 3.41. The molecule has 1 aromatic carbocycles. The van der Waals surface area contributed by atoms with Crippen molar-refractivity contribution in [2.75, 3.05) is 0 Å². The molecule has 2 N–H and O–H groups in total. The van der Waals surface area contributed by atoms with E-state index in [1.165, 1.54) is 16.5 Å². The van der Waals surface area contributed by atoms with Crippen LogP contribution in [-0.4, -0.2) is 27.1 Å². The normalized spacial score (nSPS) is 12.4. The zero-order valence-corrected chi connectivity index (χ0v) is 16.7. The summed E-state index contributed by atoms with van der Waals surface area (Å²) in [4.78, 5) is 21.0. The van der Waals surface area contributed by atoms with Gasteiger partial charge in [-0.15, -0.1) is 11.3 Å². The van der Waals surface area contributed by atoms with Gasteiger partial charge in [0.15, 0.2) is 0 Å². The van der Waals surface area contributed by atoms with Crippen LogP contribution in [0.2, 0.25) is 0 Å². The summed E-state index contributed by atoms with van der Waals surface area (Å²) in [6.45, 7) is 4.11. The van der Waals surface area contributed by atoms with E-state index in [0.29, 0.717) is 24.6 Å². The first-order valence-corrected chi connectivity index (χ1v) is 10.2. The van der Waals surface area contributed by atoms with Crippen LogP contribution in [0.4, 0.5) is 0 Å². The Labute approximate surface area is 167 Å². The van der Waals surface area contributed by atoms with E-state index in [-0.39, 0.29) is 11.9 Å². The summed E-state index contributed by atoms with van der Waals surface area (Å²) >= 11 is 1.56. The highest BCUT2D eigenvalue weighted by atomic mass is 32.1. The number of H-pyrrole nitrogens is 1. The number of benzene rings is 1. The summed E-state index contributed by atoms with van der Waals surface area (Å²) in [5.41, 5.74) is 3.60. The van der Waals surface area contributed by atoms with E-state index in [9.17, 15) is 4.79 Å². The second kappa shape index (κ2) is 7.98. The molecule has 28 heavy (non-hydrogen) atoms. The van der Waals surface area contributed by atoms with Crippen molar-refractivity contribution in [1.29, 1.82) is 0 Å². The minimum absolute atomic E-state index is 0.0144. The molecule has 0 saturated heterocycles. The average molecular weight is 394 g/mol. The molecule has 1 amide bonds. The number of carbonyl (C=O) groups excluding carboxylic acids is 1. The van der Waals surface area contributed by atoms with Crippen molar-refractivity contribution in [2.45, 2.75) is 39.2 Å². The maximum absolute atomic E-state index is 12.3. The van der Waals surface area contributed by atoms with Gasteiger partial charge in [-0.25, -0.2) is 0 Å². The van der Waals surface area contributed by atoms with Crippen molar-refractivity contribution in [3.8, 4) is 10.7 Å². The third kappa shape index (κ3) is 3.99. The minimum Gasteiger partial charge on any atom is -0.361 e. The number of aryl methyl sites for hydroxylation is 2. The van der Waals surface area contributed by atoms with Crippen molar-refractivity contribution < 1.29 is 9.32 Å². The van der Waals surface area contributed by atoms with E-state index >= 15 is 0 Å². The summed E-state index contributed by atoms with van der Waals surface area (Å²) < 4.78 is 5.25. The topological polar surface area (TPSA) is 83.8 Å². The first-order valence-electron chi connectivity index (χ1n) is 9.31. The van der Waals surface area contributed by atoms with Gasteiger partial charge in [0.1, 0.15) is 0 Å². The van der Waals surface area contributed by atoms with Gasteiger partial charge in [0.2, 0.25) is 17.6 Å². The molecule has 0 radical (unpaired) electrons. The fourth-order valence-corrected chi connectivity index (χ4v) is 3.99. The number of hydrogen-bond acceptors (Lipinski definition) is 5. The number of hydrogen-bond donors (Lipinski definition) is 2. The molecule has 0 fully saturated rings. The zero-order valence-electron chi connectivity index (χ0n) is 15.9. The quantitative estimate of drug-likeness (QED) is 0.490. The lowest BCUT2D eigenvalue weighted by Crippen LogP contribution is -2.34. The summed E-state index contributed by atoms with van der Waals surface area (Å²) in [6.07, 6.45) is 3.57. The minimum atomic E-state index is -0.0144. The molecule has 4 rings (SSSR count). The van der Waals surface area contributed by atoms with Gasteiger partial charge in [0, 0.05) is 36.0 Å². The molecule has 6 nitrogen and oxygen atoms in total. The molecule has 0 aliphatic rings. The molecule has 7 heteroatoms. The first-order chi connectivity index (χ1) is 13.6. The Kier molecular flexibility index (Phi) is 5.25. The van der Waals surface area contributed by atoms with Crippen LogP contribution in [-0.2, 0) is 17.6 Å². The molecule has 0 aliphatic carbocycles. The Balaban J connectivity index is 1.30. The first kappa shape index (κ1) is 18.4. The molecule has 1 unspecified atom stereocenters. The predicted octanol–water partition coefficient (Wildman–Crippen LogP) is 4.27. The molecule has 1 atom stereocenters. The number of aromatic nitrogens is 3. The lowest BCUT2D eigenvalue weighted by molar-refractivity contribution is -0.121. The SMILES string of the molecule is Cc1cccc2c(CC(C)NC(=O)CCc3nc(-c4cccs4)no3)c[nH]c12. The fourth-order valence-electron chi connectivity index (χ4n) is 3.34. The zero-order chi connectivity index (χ0) is 19.5. The molecule has 0 saturated carbocycles. The van der Waals surface area contributed by atoms with Crippen molar-refractivity contribution in [3.63, 3.8) is 0 Å². The summed E-state index contributed by atoms with van der Waals surface area (Å²) in [6, 6.07) is 10.2. The second-order valence-electron chi connectivity index (χ2n) is 6.97. The summed E-state index contributed by atoms with van der Waals surface area (Å²) in [7, 11) is 0. The van der Waals surface area contributed by atoms with E-state index in [4.69, 9.17) is 4.52 Å². The standard InChI is InChI=1S/C21H22N4O2S/c1-13-5-3-6-16-15(12-22-20(13)16)11-14(2)23-18(26)8-9-19-24-21(25-27-19)17-7-4-10-28-17/h3-7,10,12,14,22H,8-9,11H2,1-2H3,(H,23,26). The highest BCUT2D eigenvalue weighted by Crippen LogP contribution is 2.23. The van der Waals surface area contributed by atoms with E-state index in [1.54, 1.807) is 11.3 Å². The van der Waals surface area contributed by atoms with Crippen LogP contribution in [0.15, 0.2) is 46.4 Å². The van der Waals surface area contributed by atoms with Gasteiger partial charge >= 0.3 is 0 Å². The molecular weight excluding hydrogens is 372 g/mol. The molecule has 3 heterocycles. The number of carbonyl (C=O) groups is 1. The van der Waals surface area contributed by atoms with Crippen LogP contribution in [0, 0.1) is 6.92 Å².